The molecule has 0 amide bonds. The van der Waals surface area contributed by atoms with Gasteiger partial charge in [-0.1, -0.05) is 13.8 Å². The molecule has 0 aromatic rings. The quantitative estimate of drug-likeness (QED) is 0.178. The van der Waals surface area contributed by atoms with Gasteiger partial charge < -0.3 is 24.6 Å². The molecule has 1 atom stereocenters. The second-order valence-corrected chi connectivity index (χ2v) is 4.74. The van der Waals surface area contributed by atoms with Crippen molar-refractivity contribution in [3.05, 3.63) is 5.21 Å². The smallest absolute Gasteiger partial charge is 0.511 e. The van der Waals surface area contributed by atoms with Crippen LogP contribution in [0.25, 0.3) is 0 Å². The van der Waals surface area contributed by atoms with Crippen molar-refractivity contribution in [1.29, 1.82) is 0 Å². The van der Waals surface area contributed by atoms with Gasteiger partial charge in [-0.25, -0.2) is 9.59 Å². The molecule has 0 fully saturated rings. The summed E-state index contributed by atoms with van der Waals surface area (Å²) in [4.78, 5) is 26.4. The highest BCUT2D eigenvalue weighted by Crippen LogP contribution is 2.09. The Kier molecular flexibility index (Phi) is 7.87. The van der Waals surface area contributed by atoms with Crippen molar-refractivity contribution in [3.63, 3.8) is 0 Å². The third-order valence-electron chi connectivity index (χ3n) is 2.25. The monoisotopic (exact) mass is 307 g/mol. The van der Waals surface area contributed by atoms with Gasteiger partial charge in [0.2, 0.25) is 5.28 Å². The van der Waals surface area contributed by atoms with E-state index in [0.717, 1.165) is 5.01 Å². The van der Waals surface area contributed by atoms with Crippen LogP contribution in [0.2, 0.25) is 0 Å². The number of carbonyl (C=O) groups is 2. The van der Waals surface area contributed by atoms with Crippen LogP contribution in [0, 0.1) is 11.1 Å². The van der Waals surface area contributed by atoms with Crippen molar-refractivity contribution < 1.29 is 34.0 Å². The second-order valence-electron chi connectivity index (χ2n) is 4.74. The minimum atomic E-state index is -1.17. The van der Waals surface area contributed by atoms with Gasteiger partial charge in [0.05, 0.1) is 18.1 Å². The minimum Gasteiger partial charge on any atom is -0.569 e. The maximum absolute atomic E-state index is 11.5. The zero-order valence-electron chi connectivity index (χ0n) is 12.7. The van der Waals surface area contributed by atoms with Crippen molar-refractivity contribution in [3.8, 4) is 0 Å². The standard InChI is InChI=1S/C11H21N3O7/c1-7(2)9(10(15)16)13(5)14(18)12-20-6-19-11(17)21-8(3)4/h7-9H,6H2,1-5H3,(H,15,16)/t9-/m0/s1. The third kappa shape index (κ3) is 7.18. The number of carbonyl (C=O) groups excluding carboxylic acids is 1. The first-order valence-corrected chi connectivity index (χ1v) is 6.26. The molecule has 0 aliphatic rings. The van der Waals surface area contributed by atoms with E-state index >= 15 is 0 Å². The van der Waals surface area contributed by atoms with Gasteiger partial charge in [0.15, 0.2) is 6.04 Å². The molecule has 0 saturated heterocycles. The average Bonchev–Trinajstić information content (AvgIpc) is 2.32. The molecule has 1 N–H and O–H groups in total. The van der Waals surface area contributed by atoms with E-state index < -0.39 is 25.0 Å². The lowest BCUT2D eigenvalue weighted by Gasteiger charge is -2.22. The second kappa shape index (κ2) is 8.82. The summed E-state index contributed by atoms with van der Waals surface area (Å²) in [5.41, 5.74) is 0. The number of likely N-dealkylation sites (N-methyl/N-ethyl adjacent to an activating group) is 1. The molecular weight excluding hydrogens is 286 g/mol. The lowest BCUT2D eigenvalue weighted by molar-refractivity contribution is -0.712. The minimum absolute atomic E-state index is 0.0318. The molecule has 0 rings (SSSR count). The van der Waals surface area contributed by atoms with Gasteiger partial charge in [0, 0.05) is 0 Å². The highest BCUT2D eigenvalue weighted by Gasteiger charge is 2.31. The van der Waals surface area contributed by atoms with Gasteiger partial charge in [-0.05, 0) is 19.8 Å². The van der Waals surface area contributed by atoms with Crippen LogP contribution >= 0.6 is 0 Å². The van der Waals surface area contributed by atoms with Crippen LogP contribution < -0.4 is 0 Å². The topological polar surface area (TPSA) is 124 Å². The number of nitrogens with zero attached hydrogens (tertiary/aromatic N) is 3. The summed E-state index contributed by atoms with van der Waals surface area (Å²) in [6.45, 7) is 5.94. The number of hydrazine groups is 1. The molecule has 0 spiro atoms. The van der Waals surface area contributed by atoms with Gasteiger partial charge in [0.1, 0.15) is 0 Å². The SMILES string of the molecule is CC(C)OC(=O)OCON=[N+]([O-])N(C)[C@H](C(=O)O)C(C)C. The number of hydrogen-bond acceptors (Lipinski definition) is 7. The number of ether oxygens (including phenoxy) is 2. The lowest BCUT2D eigenvalue weighted by Crippen LogP contribution is -2.45. The first-order valence-electron chi connectivity index (χ1n) is 6.26. The van der Waals surface area contributed by atoms with Crippen LogP contribution in [0.3, 0.4) is 0 Å². The maximum Gasteiger partial charge on any atom is 0.511 e. The number of aliphatic carboxylic acids is 1. The van der Waals surface area contributed by atoms with E-state index in [1.165, 1.54) is 7.05 Å². The van der Waals surface area contributed by atoms with E-state index in [0.29, 0.717) is 0 Å². The molecule has 0 aromatic heterocycles. The molecule has 0 unspecified atom stereocenters. The molecule has 0 aliphatic carbocycles. The van der Waals surface area contributed by atoms with E-state index in [2.05, 4.69) is 19.6 Å². The molecule has 0 aliphatic heterocycles. The first kappa shape index (κ1) is 18.7. The zero-order chi connectivity index (χ0) is 16.6. The zero-order valence-corrected chi connectivity index (χ0v) is 12.7. The molecule has 21 heavy (non-hydrogen) atoms. The summed E-state index contributed by atoms with van der Waals surface area (Å²) in [5, 5.41) is 24.5. The van der Waals surface area contributed by atoms with Crippen LogP contribution in [0.15, 0.2) is 5.28 Å². The van der Waals surface area contributed by atoms with Crippen molar-refractivity contribution in [2.75, 3.05) is 13.8 Å². The summed E-state index contributed by atoms with van der Waals surface area (Å²) in [7, 11) is 1.26. The Morgan fingerprint density at radius 3 is 2.33 bits per heavy atom. The van der Waals surface area contributed by atoms with Crippen molar-refractivity contribution >= 4 is 12.1 Å². The Morgan fingerprint density at radius 1 is 1.33 bits per heavy atom. The molecule has 10 heteroatoms. The fourth-order valence-corrected chi connectivity index (χ4v) is 1.41. The fourth-order valence-electron chi connectivity index (χ4n) is 1.41. The Hall–Kier alpha value is -2.26. The predicted molar refractivity (Wildman–Crippen MR) is 68.7 cm³/mol. The molecule has 0 radical (unpaired) electrons. The lowest BCUT2D eigenvalue weighted by atomic mass is 10.1. The number of carboxylic acid groups (broad SMARTS) is 1. The van der Waals surface area contributed by atoms with Crippen LogP contribution in [-0.2, 0) is 19.1 Å². The summed E-state index contributed by atoms with van der Waals surface area (Å²) in [6.07, 6.45) is -1.31. The van der Waals surface area contributed by atoms with E-state index in [-0.39, 0.29) is 17.0 Å². The molecule has 0 aromatic carbocycles. The van der Waals surface area contributed by atoms with Crippen LogP contribution in [0.4, 0.5) is 4.79 Å². The van der Waals surface area contributed by atoms with Gasteiger partial charge in [-0.2, -0.15) is 0 Å². The fraction of sp³-hybridized carbons (Fsp3) is 0.818. The molecule has 122 valence electrons. The maximum atomic E-state index is 11.5. The average molecular weight is 307 g/mol. The van der Waals surface area contributed by atoms with Crippen molar-refractivity contribution in [2.45, 2.75) is 39.8 Å². The van der Waals surface area contributed by atoms with Gasteiger partial charge in [-0.3, -0.25) is 0 Å². The highest BCUT2D eigenvalue weighted by molar-refractivity contribution is 5.73. The van der Waals surface area contributed by atoms with Gasteiger partial charge >= 0.3 is 12.1 Å². The Labute approximate surface area is 122 Å². The first-order chi connectivity index (χ1) is 9.66. The molecular formula is C11H21N3O7. The Morgan fingerprint density at radius 2 is 1.90 bits per heavy atom. The number of rotatable bonds is 8. The third-order valence-corrected chi connectivity index (χ3v) is 2.25. The highest BCUT2D eigenvalue weighted by atomic mass is 16.8. The number of carboxylic acids is 1. The molecule has 0 saturated carbocycles. The van der Waals surface area contributed by atoms with Crippen molar-refractivity contribution in [1.82, 2.24) is 5.01 Å². The van der Waals surface area contributed by atoms with Gasteiger partial charge in [0.25, 0.3) is 6.79 Å². The number of hydrogen-bond donors (Lipinski definition) is 1. The Balaban J connectivity index is 4.35. The summed E-state index contributed by atoms with van der Waals surface area (Å²) in [6, 6.07) is -1.07. The van der Waals surface area contributed by atoms with E-state index in [4.69, 9.17) is 5.11 Å². The van der Waals surface area contributed by atoms with Crippen LogP contribution in [-0.4, -0.2) is 53.2 Å². The van der Waals surface area contributed by atoms with E-state index in [9.17, 15) is 14.8 Å². The molecule has 0 heterocycles. The van der Waals surface area contributed by atoms with E-state index in [1.54, 1.807) is 27.7 Å². The predicted octanol–water partition coefficient (Wildman–Crippen LogP) is 1.36. The van der Waals surface area contributed by atoms with E-state index in [1.807, 2.05) is 0 Å². The van der Waals surface area contributed by atoms with Gasteiger partial charge in [-0.15, -0.1) is 5.01 Å². The van der Waals surface area contributed by atoms with Crippen LogP contribution in [0.1, 0.15) is 27.7 Å². The Bertz CT molecular complexity index is 384. The largest absolute Gasteiger partial charge is 0.569 e. The normalized spacial score (nSPS) is 13.0. The van der Waals surface area contributed by atoms with Crippen LogP contribution in [0.5, 0.6) is 0 Å². The molecule has 10 nitrogen and oxygen atoms in total. The molecule has 0 bridgehead atoms. The summed E-state index contributed by atoms with van der Waals surface area (Å²) < 4.78 is 9.10. The summed E-state index contributed by atoms with van der Waals surface area (Å²) in [5.74, 6) is -1.49. The summed E-state index contributed by atoms with van der Waals surface area (Å²) >= 11 is 0. The van der Waals surface area contributed by atoms with Crippen molar-refractivity contribution in [2.24, 2.45) is 11.2 Å².